The molecule has 1 aliphatic rings. The van der Waals surface area contributed by atoms with E-state index >= 15 is 0 Å². The third-order valence-electron chi connectivity index (χ3n) is 4.94. The number of hydrogen-bond donors (Lipinski definition) is 0. The summed E-state index contributed by atoms with van der Waals surface area (Å²) in [7, 11) is 3.30. The average Bonchev–Trinajstić information content (AvgIpc) is 2.81. The molecule has 0 N–H and O–H groups in total. The third kappa shape index (κ3) is 4.94. The van der Waals surface area contributed by atoms with Crippen molar-refractivity contribution in [3.63, 3.8) is 0 Å². The minimum Gasteiger partial charge on any atom is -0.493 e. The normalized spacial score (nSPS) is 14.4. The van der Waals surface area contributed by atoms with Gasteiger partial charge in [0.15, 0.2) is 11.5 Å². The van der Waals surface area contributed by atoms with Crippen LogP contribution in [-0.2, 0) is 24.2 Å². The average molecular weight is 369 g/mol. The van der Waals surface area contributed by atoms with Gasteiger partial charge in [-0.2, -0.15) is 0 Å². The fourth-order valence-electron chi connectivity index (χ4n) is 3.41. The summed E-state index contributed by atoms with van der Waals surface area (Å²) in [5, 5.41) is 0. The first-order valence-corrected chi connectivity index (χ1v) is 9.40. The number of carbonyl (C=O) groups excluding carboxylic acids is 1. The first-order valence-electron chi connectivity index (χ1n) is 9.40. The van der Waals surface area contributed by atoms with Crippen molar-refractivity contribution in [2.75, 3.05) is 27.3 Å². The second-order valence-corrected chi connectivity index (χ2v) is 6.71. The van der Waals surface area contributed by atoms with Crippen LogP contribution in [0, 0.1) is 0 Å². The van der Waals surface area contributed by atoms with Crippen LogP contribution in [0.4, 0.5) is 4.79 Å². The fraction of sp³-hybridized carbons (Fsp3) is 0.409. The summed E-state index contributed by atoms with van der Waals surface area (Å²) in [6, 6.07) is 13.9. The van der Waals surface area contributed by atoms with E-state index in [2.05, 4.69) is 6.07 Å². The molecule has 1 amide bonds. The number of nitrogens with zero attached hydrogens (tertiary/aromatic N) is 1. The van der Waals surface area contributed by atoms with Crippen molar-refractivity contribution in [3.8, 4) is 11.5 Å². The van der Waals surface area contributed by atoms with Gasteiger partial charge in [-0.1, -0.05) is 30.3 Å². The van der Waals surface area contributed by atoms with Gasteiger partial charge in [0.25, 0.3) is 0 Å². The number of aryl methyl sites for hydroxylation is 1. The molecular formula is C22H27NO4. The van der Waals surface area contributed by atoms with Gasteiger partial charge in [0.05, 0.1) is 14.2 Å². The summed E-state index contributed by atoms with van der Waals surface area (Å²) in [6.07, 6.45) is 3.47. The molecule has 0 aromatic heterocycles. The van der Waals surface area contributed by atoms with Crippen LogP contribution in [0.3, 0.4) is 0 Å². The molecule has 0 atom stereocenters. The minimum absolute atomic E-state index is 0.247. The zero-order chi connectivity index (χ0) is 19.1. The summed E-state index contributed by atoms with van der Waals surface area (Å²) in [4.78, 5) is 14.4. The SMILES string of the molecule is COc1cc2c(cc1OC)CCN(C(=O)OCc1ccccc1)CCCC2. The summed E-state index contributed by atoms with van der Waals surface area (Å²) in [6.45, 7) is 1.66. The van der Waals surface area contributed by atoms with Crippen molar-refractivity contribution in [2.24, 2.45) is 0 Å². The van der Waals surface area contributed by atoms with Crippen molar-refractivity contribution in [1.29, 1.82) is 0 Å². The van der Waals surface area contributed by atoms with Gasteiger partial charge in [0.1, 0.15) is 6.61 Å². The van der Waals surface area contributed by atoms with Crippen LogP contribution in [0.1, 0.15) is 29.5 Å². The van der Waals surface area contributed by atoms with Crippen LogP contribution in [0.2, 0.25) is 0 Å². The smallest absolute Gasteiger partial charge is 0.410 e. The molecule has 0 unspecified atom stereocenters. The van der Waals surface area contributed by atoms with Gasteiger partial charge >= 0.3 is 6.09 Å². The molecule has 5 nitrogen and oxygen atoms in total. The molecule has 0 fully saturated rings. The van der Waals surface area contributed by atoms with Gasteiger partial charge in [-0.3, -0.25) is 0 Å². The maximum atomic E-state index is 12.5. The molecule has 2 aromatic rings. The maximum Gasteiger partial charge on any atom is 0.410 e. The molecule has 1 heterocycles. The van der Waals surface area contributed by atoms with E-state index in [1.165, 1.54) is 11.1 Å². The Morgan fingerprint density at radius 1 is 0.926 bits per heavy atom. The van der Waals surface area contributed by atoms with Crippen LogP contribution in [0.25, 0.3) is 0 Å². The largest absolute Gasteiger partial charge is 0.493 e. The zero-order valence-corrected chi connectivity index (χ0v) is 16.1. The van der Waals surface area contributed by atoms with Crippen LogP contribution >= 0.6 is 0 Å². The van der Waals surface area contributed by atoms with E-state index in [4.69, 9.17) is 14.2 Å². The minimum atomic E-state index is -0.247. The standard InChI is InChI=1S/C22H27NO4/c1-25-20-14-18-10-6-7-12-23(13-11-19(18)15-21(20)26-2)22(24)27-16-17-8-4-3-5-9-17/h3-5,8-9,14-15H,6-7,10-13,16H2,1-2H3. The lowest BCUT2D eigenvalue weighted by atomic mass is 9.99. The first kappa shape index (κ1) is 19.1. The highest BCUT2D eigenvalue weighted by molar-refractivity contribution is 5.67. The van der Waals surface area contributed by atoms with Crippen molar-refractivity contribution < 1.29 is 19.0 Å². The Morgan fingerprint density at radius 2 is 1.59 bits per heavy atom. The second kappa shape index (κ2) is 9.31. The van der Waals surface area contributed by atoms with Crippen LogP contribution < -0.4 is 9.47 Å². The molecule has 0 aliphatic carbocycles. The number of rotatable bonds is 4. The Balaban J connectivity index is 1.67. The van der Waals surface area contributed by atoms with Crippen molar-refractivity contribution in [3.05, 3.63) is 59.2 Å². The number of carbonyl (C=O) groups is 1. The van der Waals surface area contributed by atoms with Gasteiger partial charge in [-0.25, -0.2) is 4.79 Å². The van der Waals surface area contributed by atoms with Crippen molar-refractivity contribution in [2.45, 2.75) is 32.3 Å². The van der Waals surface area contributed by atoms with Gasteiger partial charge in [-0.15, -0.1) is 0 Å². The third-order valence-corrected chi connectivity index (χ3v) is 4.94. The number of fused-ring (bicyclic) bond motifs is 1. The van der Waals surface area contributed by atoms with E-state index in [1.807, 2.05) is 41.3 Å². The zero-order valence-electron chi connectivity index (χ0n) is 16.1. The summed E-state index contributed by atoms with van der Waals surface area (Å²) >= 11 is 0. The van der Waals surface area contributed by atoms with Crippen LogP contribution in [-0.4, -0.2) is 38.3 Å². The lowest BCUT2D eigenvalue weighted by molar-refractivity contribution is 0.0961. The number of amides is 1. The van der Waals surface area contributed by atoms with Gasteiger partial charge < -0.3 is 19.1 Å². The quantitative estimate of drug-likeness (QED) is 0.810. The first-order chi connectivity index (χ1) is 13.2. The molecule has 0 saturated carbocycles. The Labute approximate surface area is 160 Å². The van der Waals surface area contributed by atoms with Crippen molar-refractivity contribution in [1.82, 2.24) is 4.90 Å². The van der Waals surface area contributed by atoms with E-state index in [1.54, 1.807) is 14.2 Å². The summed E-state index contributed by atoms with van der Waals surface area (Å²) in [5.41, 5.74) is 3.47. The molecule has 27 heavy (non-hydrogen) atoms. The molecular weight excluding hydrogens is 342 g/mol. The topological polar surface area (TPSA) is 48.0 Å². The van der Waals surface area contributed by atoms with Gasteiger partial charge in [0.2, 0.25) is 0 Å². The molecule has 1 aliphatic heterocycles. The molecule has 3 rings (SSSR count). The molecule has 0 bridgehead atoms. The molecule has 0 spiro atoms. The number of methoxy groups -OCH3 is 2. The summed E-state index contributed by atoms with van der Waals surface area (Å²) < 4.78 is 16.4. The van der Waals surface area contributed by atoms with E-state index in [0.717, 1.165) is 49.3 Å². The van der Waals surface area contributed by atoms with Crippen LogP contribution in [0.15, 0.2) is 42.5 Å². The Kier molecular flexibility index (Phi) is 6.58. The van der Waals surface area contributed by atoms with Crippen molar-refractivity contribution >= 4 is 6.09 Å². The lowest BCUT2D eigenvalue weighted by Crippen LogP contribution is -2.34. The Morgan fingerprint density at radius 3 is 2.26 bits per heavy atom. The summed E-state index contributed by atoms with van der Waals surface area (Å²) in [5.74, 6) is 1.49. The molecule has 5 heteroatoms. The Hall–Kier alpha value is -2.69. The predicted octanol–water partition coefficient (Wildman–Crippen LogP) is 4.22. The van der Waals surface area contributed by atoms with E-state index in [-0.39, 0.29) is 6.09 Å². The van der Waals surface area contributed by atoms with Gasteiger partial charge in [-0.05, 0) is 54.5 Å². The lowest BCUT2D eigenvalue weighted by Gasteiger charge is -2.22. The van der Waals surface area contributed by atoms with E-state index in [9.17, 15) is 4.79 Å². The van der Waals surface area contributed by atoms with Gasteiger partial charge in [0, 0.05) is 13.1 Å². The highest BCUT2D eigenvalue weighted by Gasteiger charge is 2.19. The number of benzene rings is 2. The molecule has 0 saturated heterocycles. The molecule has 0 radical (unpaired) electrons. The van der Waals surface area contributed by atoms with E-state index in [0.29, 0.717) is 13.2 Å². The Bertz CT molecular complexity index is 760. The molecule has 144 valence electrons. The highest BCUT2D eigenvalue weighted by atomic mass is 16.6. The predicted molar refractivity (Wildman–Crippen MR) is 104 cm³/mol. The second-order valence-electron chi connectivity index (χ2n) is 6.71. The van der Waals surface area contributed by atoms with Crippen LogP contribution in [0.5, 0.6) is 11.5 Å². The number of hydrogen-bond acceptors (Lipinski definition) is 4. The maximum absolute atomic E-state index is 12.5. The molecule has 2 aromatic carbocycles. The van der Waals surface area contributed by atoms with E-state index < -0.39 is 0 Å². The number of ether oxygens (including phenoxy) is 3. The fourth-order valence-corrected chi connectivity index (χ4v) is 3.41. The highest BCUT2D eigenvalue weighted by Crippen LogP contribution is 2.32. The monoisotopic (exact) mass is 369 g/mol.